The second-order valence-corrected chi connectivity index (χ2v) is 4.11. The Kier molecular flexibility index (Phi) is 5.17. The third-order valence-electron chi connectivity index (χ3n) is 2.65. The van der Waals surface area contributed by atoms with E-state index in [9.17, 15) is 9.59 Å². The maximum Gasteiger partial charge on any atom is 0.326 e. The first-order valence-electron chi connectivity index (χ1n) is 5.96. The van der Waals surface area contributed by atoms with Gasteiger partial charge in [-0.15, -0.1) is 0 Å². The molecule has 6 heteroatoms. The van der Waals surface area contributed by atoms with Gasteiger partial charge in [0.05, 0.1) is 12.7 Å². The van der Waals surface area contributed by atoms with Crippen molar-refractivity contribution in [2.45, 2.75) is 25.8 Å². The fourth-order valence-electron chi connectivity index (χ4n) is 1.68. The predicted octanol–water partition coefficient (Wildman–Crippen LogP) is 1.26. The number of benzene rings is 1. The Labute approximate surface area is 111 Å². The van der Waals surface area contributed by atoms with E-state index in [0.29, 0.717) is 24.3 Å². The normalized spacial score (nSPS) is 11.7. The van der Waals surface area contributed by atoms with Gasteiger partial charge in [-0.3, -0.25) is 4.79 Å². The van der Waals surface area contributed by atoms with Gasteiger partial charge in [-0.2, -0.15) is 0 Å². The Bertz CT molecular complexity index is 474. The molecular formula is C13H18N2O4. The molecular weight excluding hydrogens is 248 g/mol. The van der Waals surface area contributed by atoms with E-state index in [2.05, 4.69) is 5.32 Å². The molecule has 0 aliphatic heterocycles. The number of nitrogens with two attached hydrogens (primary N) is 1. The molecule has 0 saturated heterocycles. The molecule has 0 unspecified atom stereocenters. The van der Waals surface area contributed by atoms with Crippen LogP contribution in [0.4, 0.5) is 5.69 Å². The Morgan fingerprint density at radius 3 is 2.68 bits per heavy atom. The topological polar surface area (TPSA) is 102 Å². The summed E-state index contributed by atoms with van der Waals surface area (Å²) in [6.07, 6.45) is 1.04. The van der Waals surface area contributed by atoms with E-state index in [1.54, 1.807) is 6.07 Å². The van der Waals surface area contributed by atoms with E-state index in [0.717, 1.165) is 0 Å². The van der Waals surface area contributed by atoms with Crippen LogP contribution in [0.5, 0.6) is 5.75 Å². The first-order valence-corrected chi connectivity index (χ1v) is 5.96. The van der Waals surface area contributed by atoms with Crippen LogP contribution >= 0.6 is 0 Å². The Hall–Kier alpha value is -2.24. The highest BCUT2D eigenvalue weighted by molar-refractivity contribution is 5.99. The van der Waals surface area contributed by atoms with Crippen LogP contribution in [0.2, 0.25) is 0 Å². The van der Waals surface area contributed by atoms with E-state index in [4.69, 9.17) is 15.6 Å². The van der Waals surface area contributed by atoms with Crippen molar-refractivity contribution in [3.05, 3.63) is 23.8 Å². The first-order chi connectivity index (χ1) is 8.99. The van der Waals surface area contributed by atoms with Crippen LogP contribution in [-0.4, -0.2) is 30.1 Å². The van der Waals surface area contributed by atoms with Gasteiger partial charge in [0.1, 0.15) is 11.8 Å². The summed E-state index contributed by atoms with van der Waals surface area (Å²) in [6.45, 7) is 1.85. The lowest BCUT2D eigenvalue weighted by Gasteiger charge is -2.15. The molecule has 19 heavy (non-hydrogen) atoms. The second kappa shape index (κ2) is 6.63. The lowest BCUT2D eigenvalue weighted by molar-refractivity contribution is -0.139. The molecule has 0 spiro atoms. The van der Waals surface area contributed by atoms with Crippen LogP contribution in [0.15, 0.2) is 18.2 Å². The van der Waals surface area contributed by atoms with Gasteiger partial charge in [0.2, 0.25) is 0 Å². The third-order valence-corrected chi connectivity index (χ3v) is 2.65. The van der Waals surface area contributed by atoms with Crippen molar-refractivity contribution < 1.29 is 19.4 Å². The molecule has 0 fully saturated rings. The zero-order valence-corrected chi connectivity index (χ0v) is 11.0. The summed E-state index contributed by atoms with van der Waals surface area (Å²) in [4.78, 5) is 23.0. The number of hydrogen-bond donors (Lipinski definition) is 3. The lowest BCUT2D eigenvalue weighted by atomic mass is 10.1. The number of ether oxygens (including phenoxy) is 1. The molecule has 6 nitrogen and oxygen atoms in total. The smallest absolute Gasteiger partial charge is 0.326 e. The van der Waals surface area contributed by atoms with Gasteiger partial charge >= 0.3 is 5.97 Å². The molecule has 1 amide bonds. The highest BCUT2D eigenvalue weighted by atomic mass is 16.5. The third kappa shape index (κ3) is 3.87. The van der Waals surface area contributed by atoms with E-state index >= 15 is 0 Å². The highest BCUT2D eigenvalue weighted by Crippen LogP contribution is 2.21. The van der Waals surface area contributed by atoms with Gasteiger partial charge in [0.25, 0.3) is 5.91 Å². The molecule has 1 aromatic carbocycles. The Balaban J connectivity index is 2.91. The van der Waals surface area contributed by atoms with Crippen LogP contribution in [-0.2, 0) is 4.79 Å². The largest absolute Gasteiger partial charge is 0.496 e. The number of carboxylic acids is 1. The lowest BCUT2D eigenvalue weighted by Crippen LogP contribution is -2.40. The maximum absolute atomic E-state index is 12.0. The average molecular weight is 266 g/mol. The number of methoxy groups -OCH3 is 1. The van der Waals surface area contributed by atoms with Crippen molar-refractivity contribution in [1.82, 2.24) is 5.32 Å². The van der Waals surface area contributed by atoms with Crippen LogP contribution in [0, 0.1) is 0 Å². The van der Waals surface area contributed by atoms with Gasteiger partial charge in [0, 0.05) is 11.8 Å². The molecule has 0 aromatic heterocycles. The van der Waals surface area contributed by atoms with Crippen molar-refractivity contribution in [3.8, 4) is 5.75 Å². The number of anilines is 1. The summed E-state index contributed by atoms with van der Waals surface area (Å²) in [5.41, 5.74) is 6.33. The van der Waals surface area contributed by atoms with E-state index < -0.39 is 17.9 Å². The minimum absolute atomic E-state index is 0.263. The summed E-state index contributed by atoms with van der Waals surface area (Å²) in [5.74, 6) is -1.22. The number of amides is 1. The van der Waals surface area contributed by atoms with Crippen molar-refractivity contribution in [3.63, 3.8) is 0 Å². The van der Waals surface area contributed by atoms with Crippen molar-refractivity contribution >= 4 is 17.6 Å². The Morgan fingerprint density at radius 2 is 2.16 bits per heavy atom. The summed E-state index contributed by atoms with van der Waals surface area (Å²) in [7, 11) is 1.42. The minimum atomic E-state index is -1.05. The van der Waals surface area contributed by atoms with E-state index in [1.807, 2.05) is 6.92 Å². The second-order valence-electron chi connectivity index (χ2n) is 4.11. The predicted molar refractivity (Wildman–Crippen MR) is 71.2 cm³/mol. The summed E-state index contributed by atoms with van der Waals surface area (Å²) < 4.78 is 5.06. The van der Waals surface area contributed by atoms with Crippen LogP contribution in [0.3, 0.4) is 0 Å². The molecule has 0 bridgehead atoms. The minimum Gasteiger partial charge on any atom is -0.496 e. The van der Waals surface area contributed by atoms with Crippen LogP contribution in [0.25, 0.3) is 0 Å². The molecule has 0 aliphatic carbocycles. The molecule has 1 atom stereocenters. The molecule has 0 saturated carbocycles. The van der Waals surface area contributed by atoms with Crippen LogP contribution in [0.1, 0.15) is 30.1 Å². The molecule has 1 rings (SSSR count). The number of rotatable bonds is 6. The van der Waals surface area contributed by atoms with Gasteiger partial charge in [-0.05, 0) is 18.6 Å². The number of hydrogen-bond acceptors (Lipinski definition) is 4. The summed E-state index contributed by atoms with van der Waals surface area (Å²) >= 11 is 0. The van der Waals surface area contributed by atoms with Gasteiger partial charge in [-0.25, -0.2) is 4.79 Å². The fourth-order valence-corrected chi connectivity index (χ4v) is 1.68. The quantitative estimate of drug-likeness (QED) is 0.673. The van der Waals surface area contributed by atoms with Crippen molar-refractivity contribution in [2.24, 2.45) is 0 Å². The Morgan fingerprint density at radius 1 is 1.47 bits per heavy atom. The molecule has 1 aromatic rings. The van der Waals surface area contributed by atoms with Gasteiger partial charge < -0.3 is 20.9 Å². The van der Waals surface area contributed by atoms with E-state index in [-0.39, 0.29) is 5.56 Å². The molecule has 0 heterocycles. The van der Waals surface area contributed by atoms with Crippen molar-refractivity contribution in [1.29, 1.82) is 0 Å². The first kappa shape index (κ1) is 14.8. The van der Waals surface area contributed by atoms with E-state index in [1.165, 1.54) is 19.2 Å². The average Bonchev–Trinajstić information content (AvgIpc) is 2.37. The SMILES string of the molecule is CCC[C@@H](NC(=O)c1ccc(N)cc1OC)C(=O)O. The zero-order chi connectivity index (χ0) is 14.4. The summed E-state index contributed by atoms with van der Waals surface area (Å²) in [6, 6.07) is 3.69. The number of aliphatic carboxylic acids is 1. The number of carboxylic acid groups (broad SMARTS) is 1. The van der Waals surface area contributed by atoms with Crippen LogP contribution < -0.4 is 15.8 Å². The summed E-state index contributed by atoms with van der Waals surface area (Å²) in [5, 5.41) is 11.5. The zero-order valence-electron chi connectivity index (χ0n) is 11.0. The number of carbonyl (C=O) groups is 2. The number of nitrogen functional groups attached to an aromatic ring is 1. The highest BCUT2D eigenvalue weighted by Gasteiger charge is 2.21. The molecule has 4 N–H and O–H groups in total. The monoisotopic (exact) mass is 266 g/mol. The molecule has 0 aliphatic rings. The maximum atomic E-state index is 12.0. The number of carbonyl (C=O) groups excluding carboxylic acids is 1. The molecule has 0 radical (unpaired) electrons. The standard InChI is InChI=1S/C13H18N2O4/c1-3-4-10(13(17)18)15-12(16)9-6-5-8(14)7-11(9)19-2/h5-7,10H,3-4,14H2,1-2H3,(H,15,16)(H,17,18)/t10-/m1/s1. The number of nitrogens with one attached hydrogen (secondary N) is 1. The van der Waals surface area contributed by atoms with Crippen molar-refractivity contribution in [2.75, 3.05) is 12.8 Å². The molecule has 104 valence electrons. The van der Waals surface area contributed by atoms with Gasteiger partial charge in [0.15, 0.2) is 0 Å². The van der Waals surface area contributed by atoms with Gasteiger partial charge in [-0.1, -0.05) is 13.3 Å². The fraction of sp³-hybridized carbons (Fsp3) is 0.385.